The molecule has 0 aliphatic carbocycles. The Bertz CT molecular complexity index is 76.8. The molecule has 6 heavy (non-hydrogen) atoms. The van der Waals surface area contributed by atoms with Crippen LogP contribution in [-0.4, -0.2) is 28.4 Å². The molecule has 0 aliphatic rings. The summed E-state index contributed by atoms with van der Waals surface area (Å²) in [6, 6.07) is 0. The predicted octanol–water partition coefficient (Wildman–Crippen LogP) is -1.65. The van der Waals surface area contributed by atoms with Crippen molar-refractivity contribution in [1.82, 2.24) is 0 Å². The molecule has 0 aromatic rings. The van der Waals surface area contributed by atoms with E-state index in [2.05, 4.69) is 6.58 Å². The SMILES string of the molecule is C=[C]([SnH3])C(N)=O. The van der Waals surface area contributed by atoms with Crippen molar-refractivity contribution in [2.24, 2.45) is 5.73 Å². The fraction of sp³-hybridized carbons (Fsp3) is 0. The van der Waals surface area contributed by atoms with Gasteiger partial charge in [-0.25, -0.2) is 0 Å². The Kier molecular flexibility index (Phi) is 2.23. The average Bonchev–Trinajstić information content (AvgIpc) is 1.36. The van der Waals surface area contributed by atoms with Crippen LogP contribution >= 0.6 is 0 Å². The molecule has 0 heterocycles. The van der Waals surface area contributed by atoms with Crippen LogP contribution in [0.3, 0.4) is 0 Å². The molecular formula is C3H7NOSn. The van der Waals surface area contributed by atoms with E-state index in [0.717, 1.165) is 0 Å². The molecule has 0 fully saturated rings. The van der Waals surface area contributed by atoms with Gasteiger partial charge in [0.1, 0.15) is 0 Å². The zero-order valence-electron chi connectivity index (χ0n) is 3.69. The third-order valence-corrected chi connectivity index (χ3v) is 1.83. The minimum absolute atomic E-state index is 0.230. The van der Waals surface area contributed by atoms with E-state index in [0.29, 0.717) is 3.59 Å². The zero-order valence-corrected chi connectivity index (χ0v) is 9.40. The Hall–Kier alpha value is 0.00870. The molecule has 0 aromatic heterocycles. The molecule has 0 atom stereocenters. The summed E-state index contributed by atoms with van der Waals surface area (Å²) in [5.41, 5.74) is 4.75. The number of amides is 1. The summed E-state index contributed by atoms with van der Waals surface area (Å²) < 4.78 is 0.608. The van der Waals surface area contributed by atoms with E-state index in [1.165, 1.54) is 0 Å². The molecule has 2 N–H and O–H groups in total. The first kappa shape index (κ1) is 6.01. The van der Waals surface area contributed by atoms with Gasteiger partial charge < -0.3 is 0 Å². The van der Waals surface area contributed by atoms with Crippen LogP contribution in [0.15, 0.2) is 10.2 Å². The van der Waals surface area contributed by atoms with Crippen molar-refractivity contribution in [2.45, 2.75) is 0 Å². The van der Waals surface area contributed by atoms with Gasteiger partial charge in [-0.1, -0.05) is 0 Å². The van der Waals surface area contributed by atoms with Gasteiger partial charge in [0.2, 0.25) is 0 Å². The normalized spacial score (nSPS) is 8.00. The third-order valence-electron chi connectivity index (χ3n) is 0.421. The van der Waals surface area contributed by atoms with Gasteiger partial charge in [-0.3, -0.25) is 0 Å². The topological polar surface area (TPSA) is 43.1 Å². The summed E-state index contributed by atoms with van der Waals surface area (Å²) in [4.78, 5) is 9.87. The van der Waals surface area contributed by atoms with Crippen molar-refractivity contribution in [3.63, 3.8) is 0 Å². The molecule has 0 spiro atoms. The van der Waals surface area contributed by atoms with E-state index in [1.54, 1.807) is 0 Å². The number of hydrogen-bond donors (Lipinski definition) is 1. The first-order valence-corrected chi connectivity index (χ1v) is 4.45. The van der Waals surface area contributed by atoms with Crippen molar-refractivity contribution in [3.05, 3.63) is 10.2 Å². The Balaban J connectivity index is 3.57. The molecule has 1 amide bonds. The summed E-state index contributed by atoms with van der Waals surface area (Å²) in [5, 5.41) is 0. The molecule has 0 bridgehead atoms. The fourth-order valence-electron chi connectivity index (χ4n) is 0. The summed E-state index contributed by atoms with van der Waals surface area (Å²) in [5.74, 6) is -0.342. The second-order valence-corrected chi connectivity index (χ2v) is 4.59. The van der Waals surface area contributed by atoms with Gasteiger partial charge in [-0.05, 0) is 0 Å². The van der Waals surface area contributed by atoms with Gasteiger partial charge in [-0.2, -0.15) is 0 Å². The summed E-state index contributed by atoms with van der Waals surface area (Å²) >= 11 is 0.230. The average molecular weight is 192 g/mol. The molecule has 0 unspecified atom stereocenters. The van der Waals surface area contributed by atoms with Crippen molar-refractivity contribution in [2.75, 3.05) is 0 Å². The first-order chi connectivity index (χ1) is 2.64. The standard InChI is InChI=1S/C3H4NO.Sn.3H/c1-2-3(4)5;;;;/h1H2,(H2,4,5);;;;. The van der Waals surface area contributed by atoms with Crippen LogP contribution in [-0.2, 0) is 4.79 Å². The van der Waals surface area contributed by atoms with Crippen molar-refractivity contribution < 1.29 is 4.79 Å². The van der Waals surface area contributed by atoms with Gasteiger partial charge >= 0.3 is 49.1 Å². The molecule has 0 radical (unpaired) electrons. The van der Waals surface area contributed by atoms with Crippen LogP contribution < -0.4 is 5.73 Å². The van der Waals surface area contributed by atoms with E-state index in [-0.39, 0.29) is 28.4 Å². The Morgan fingerprint density at radius 3 is 2.00 bits per heavy atom. The molecule has 3 heteroatoms. The second-order valence-electron chi connectivity index (χ2n) is 1.14. The Labute approximate surface area is 49.5 Å². The van der Waals surface area contributed by atoms with Gasteiger partial charge in [0.25, 0.3) is 0 Å². The summed E-state index contributed by atoms with van der Waals surface area (Å²) in [7, 11) is 0. The van der Waals surface area contributed by atoms with Gasteiger partial charge in [0, 0.05) is 0 Å². The van der Waals surface area contributed by atoms with Gasteiger partial charge in [-0.15, -0.1) is 0 Å². The van der Waals surface area contributed by atoms with Crippen molar-refractivity contribution in [3.8, 4) is 0 Å². The van der Waals surface area contributed by atoms with Crippen LogP contribution in [0, 0.1) is 0 Å². The van der Waals surface area contributed by atoms with E-state index in [9.17, 15) is 4.79 Å². The van der Waals surface area contributed by atoms with E-state index >= 15 is 0 Å². The second kappa shape index (κ2) is 2.23. The summed E-state index contributed by atoms with van der Waals surface area (Å²) in [6.45, 7) is 3.37. The molecule has 2 nitrogen and oxygen atoms in total. The molecule has 0 saturated carbocycles. The molecule has 34 valence electrons. The monoisotopic (exact) mass is 193 g/mol. The number of hydrogen-bond acceptors (Lipinski definition) is 1. The van der Waals surface area contributed by atoms with Crippen LogP contribution in [0.2, 0.25) is 0 Å². The minimum atomic E-state index is -0.342. The van der Waals surface area contributed by atoms with Gasteiger partial charge in [0.15, 0.2) is 0 Å². The molecule has 0 aromatic carbocycles. The number of rotatable bonds is 1. The Morgan fingerprint density at radius 2 is 2.00 bits per heavy atom. The van der Waals surface area contributed by atoms with Crippen molar-refractivity contribution in [1.29, 1.82) is 0 Å². The van der Waals surface area contributed by atoms with E-state index in [4.69, 9.17) is 5.73 Å². The zero-order chi connectivity index (χ0) is 5.15. The maximum absolute atomic E-state index is 9.87. The van der Waals surface area contributed by atoms with Crippen LogP contribution in [0.4, 0.5) is 0 Å². The van der Waals surface area contributed by atoms with Gasteiger partial charge in [0.05, 0.1) is 0 Å². The van der Waals surface area contributed by atoms with Crippen LogP contribution in [0.5, 0.6) is 0 Å². The molecular weight excluding hydrogens is 185 g/mol. The summed E-state index contributed by atoms with van der Waals surface area (Å²) in [6.07, 6.45) is 0. The molecule has 0 rings (SSSR count). The number of carbonyl (C=O) groups excluding carboxylic acids is 1. The van der Waals surface area contributed by atoms with E-state index < -0.39 is 0 Å². The number of carbonyl (C=O) groups is 1. The Morgan fingerprint density at radius 1 is 1.83 bits per heavy atom. The van der Waals surface area contributed by atoms with Crippen LogP contribution in [0.25, 0.3) is 0 Å². The first-order valence-electron chi connectivity index (χ1n) is 1.60. The van der Waals surface area contributed by atoms with E-state index in [1.807, 2.05) is 0 Å². The quantitative estimate of drug-likeness (QED) is 0.392. The number of nitrogens with two attached hydrogens (primary N) is 1. The maximum atomic E-state index is 9.87. The predicted molar refractivity (Wildman–Crippen MR) is 28.3 cm³/mol. The van der Waals surface area contributed by atoms with Crippen molar-refractivity contribution >= 4 is 28.4 Å². The number of primary amides is 1. The third kappa shape index (κ3) is 2.26. The fourth-order valence-corrected chi connectivity index (χ4v) is 0. The van der Waals surface area contributed by atoms with Crippen LogP contribution in [0.1, 0.15) is 0 Å². The molecule has 0 aliphatic heterocycles. The molecule has 0 saturated heterocycles.